The Bertz CT molecular complexity index is 1360. The molecule has 2 aromatic carbocycles. The van der Waals surface area contributed by atoms with Crippen molar-refractivity contribution in [2.24, 2.45) is 0 Å². The van der Waals surface area contributed by atoms with Crippen molar-refractivity contribution in [1.29, 1.82) is 0 Å². The van der Waals surface area contributed by atoms with E-state index in [1.165, 1.54) is 18.2 Å². The number of ether oxygens (including phenoxy) is 2. The standard InChI is InChI=1S/C20H15F3N4O.C7H14N2O2.2C2H6/c1-13-8-10-15(11-9-13)24-19-25-18-7-3-6-17(27(18)26-19)14-4-2-5-16(12-14)28-20(21,22)23;10-7-8-1-2-9-3-5-11-6-4-9;2*1-2/h2-12H,1H3,(H,24,26);7H,1-6H2,(H,8,10);2*1-2H3. The average molecular weight is 603 g/mol. The number of carbonyl (C=O) groups is 1. The van der Waals surface area contributed by atoms with Crippen molar-refractivity contribution in [1.82, 2.24) is 24.8 Å². The molecule has 2 N–H and O–H groups in total. The summed E-state index contributed by atoms with van der Waals surface area (Å²) in [6.07, 6.45) is -4.01. The molecule has 0 radical (unpaired) electrons. The maximum Gasteiger partial charge on any atom is 0.573 e. The molecule has 12 heteroatoms. The zero-order valence-corrected chi connectivity index (χ0v) is 25.3. The number of anilines is 2. The number of amides is 1. The number of nitrogens with zero attached hydrogens (tertiary/aromatic N) is 4. The molecule has 0 spiro atoms. The Kier molecular flexibility index (Phi) is 15.0. The lowest BCUT2D eigenvalue weighted by atomic mass is 10.1. The summed E-state index contributed by atoms with van der Waals surface area (Å²) in [6, 6.07) is 18.8. The van der Waals surface area contributed by atoms with E-state index in [0.717, 1.165) is 57.1 Å². The highest BCUT2D eigenvalue weighted by Crippen LogP contribution is 2.28. The molecule has 0 unspecified atom stereocenters. The van der Waals surface area contributed by atoms with Gasteiger partial charge in [-0.2, -0.15) is 4.98 Å². The highest BCUT2D eigenvalue weighted by Gasteiger charge is 2.31. The molecule has 1 fully saturated rings. The molecule has 4 aromatic rings. The number of aromatic nitrogens is 3. The number of morpholine rings is 1. The molecule has 43 heavy (non-hydrogen) atoms. The molecule has 0 bridgehead atoms. The van der Waals surface area contributed by atoms with Crippen LogP contribution in [-0.2, 0) is 9.53 Å². The molecule has 9 nitrogen and oxygen atoms in total. The second-order valence-corrected chi connectivity index (χ2v) is 8.71. The molecule has 1 aliphatic heterocycles. The van der Waals surface area contributed by atoms with Gasteiger partial charge in [0.25, 0.3) is 0 Å². The third kappa shape index (κ3) is 11.9. The van der Waals surface area contributed by atoms with E-state index in [0.29, 0.717) is 22.9 Å². The third-order valence-electron chi connectivity index (χ3n) is 5.79. The number of fused-ring (bicyclic) bond motifs is 1. The number of aryl methyl sites for hydroxylation is 1. The lowest BCUT2D eigenvalue weighted by molar-refractivity contribution is -0.274. The zero-order valence-electron chi connectivity index (χ0n) is 25.3. The fraction of sp³-hybridized carbons (Fsp3) is 0.387. The fourth-order valence-electron chi connectivity index (χ4n) is 3.90. The minimum atomic E-state index is -4.75. The first-order valence-corrected chi connectivity index (χ1v) is 14.3. The minimum absolute atomic E-state index is 0.292. The van der Waals surface area contributed by atoms with Crippen molar-refractivity contribution in [3.8, 4) is 17.0 Å². The van der Waals surface area contributed by atoms with Crippen molar-refractivity contribution in [2.75, 3.05) is 44.7 Å². The summed E-state index contributed by atoms with van der Waals surface area (Å²) in [5, 5.41) is 10.2. The van der Waals surface area contributed by atoms with Crippen LogP contribution in [0.4, 0.5) is 24.8 Å². The molecular weight excluding hydrogens is 561 g/mol. The predicted molar refractivity (Wildman–Crippen MR) is 164 cm³/mol. The summed E-state index contributed by atoms with van der Waals surface area (Å²) in [5.41, 5.74) is 3.66. The maximum absolute atomic E-state index is 12.5. The van der Waals surface area contributed by atoms with Gasteiger partial charge in [0.2, 0.25) is 12.4 Å². The lowest BCUT2D eigenvalue weighted by Crippen LogP contribution is -2.40. The van der Waals surface area contributed by atoms with Gasteiger partial charge >= 0.3 is 6.36 Å². The minimum Gasteiger partial charge on any atom is -0.406 e. The highest BCUT2D eigenvalue weighted by molar-refractivity contribution is 5.66. The Morgan fingerprint density at radius 3 is 2.30 bits per heavy atom. The summed E-state index contributed by atoms with van der Waals surface area (Å²) in [4.78, 5) is 16.6. The van der Waals surface area contributed by atoms with E-state index in [1.807, 2.05) is 58.9 Å². The monoisotopic (exact) mass is 602 g/mol. The molecule has 0 aliphatic carbocycles. The number of hydrogen-bond donors (Lipinski definition) is 2. The van der Waals surface area contributed by atoms with Gasteiger partial charge in [0.1, 0.15) is 5.75 Å². The van der Waals surface area contributed by atoms with Crippen molar-refractivity contribution < 1.29 is 27.4 Å². The van der Waals surface area contributed by atoms with Crippen LogP contribution in [0.15, 0.2) is 66.7 Å². The number of nitrogens with one attached hydrogen (secondary N) is 2. The Morgan fingerprint density at radius 1 is 0.977 bits per heavy atom. The molecule has 3 heterocycles. The smallest absolute Gasteiger partial charge is 0.406 e. The normalized spacial score (nSPS) is 12.8. The summed E-state index contributed by atoms with van der Waals surface area (Å²) in [7, 11) is 0. The van der Waals surface area contributed by atoms with Crippen LogP contribution in [0.2, 0.25) is 0 Å². The molecule has 2 aromatic heterocycles. The first kappa shape index (κ1) is 35.0. The van der Waals surface area contributed by atoms with Gasteiger partial charge in [-0.05, 0) is 43.3 Å². The molecule has 234 valence electrons. The largest absolute Gasteiger partial charge is 0.573 e. The van der Waals surface area contributed by atoms with Crippen LogP contribution in [0, 0.1) is 6.92 Å². The van der Waals surface area contributed by atoms with Crippen LogP contribution in [-0.4, -0.2) is 71.7 Å². The zero-order chi connectivity index (χ0) is 31.7. The van der Waals surface area contributed by atoms with E-state index in [4.69, 9.17) is 4.74 Å². The number of pyridine rings is 1. The molecular formula is C31H41F3N6O3. The number of rotatable bonds is 8. The van der Waals surface area contributed by atoms with Crippen molar-refractivity contribution >= 4 is 23.7 Å². The summed E-state index contributed by atoms with van der Waals surface area (Å²) in [6.45, 7) is 15.3. The van der Waals surface area contributed by atoms with E-state index in [2.05, 4.69) is 30.4 Å². The second-order valence-electron chi connectivity index (χ2n) is 8.71. The van der Waals surface area contributed by atoms with Crippen molar-refractivity contribution in [3.63, 3.8) is 0 Å². The van der Waals surface area contributed by atoms with Gasteiger partial charge in [0, 0.05) is 37.4 Å². The Hall–Kier alpha value is -4.16. The number of carbonyl (C=O) groups excluding carboxylic acids is 1. The van der Waals surface area contributed by atoms with Crippen LogP contribution < -0.4 is 15.4 Å². The summed E-state index contributed by atoms with van der Waals surface area (Å²) >= 11 is 0. The van der Waals surface area contributed by atoms with E-state index < -0.39 is 6.36 Å². The van der Waals surface area contributed by atoms with Crippen LogP contribution in [0.5, 0.6) is 5.75 Å². The SMILES string of the molecule is CC.CC.Cc1ccc(Nc2nc3cccc(-c4cccc(OC(F)(F)F)c4)n3n2)cc1.O=CNCCN1CCOCC1. The Morgan fingerprint density at radius 2 is 1.65 bits per heavy atom. The fourth-order valence-corrected chi connectivity index (χ4v) is 3.90. The lowest BCUT2D eigenvalue weighted by Gasteiger charge is -2.26. The topological polar surface area (TPSA) is 93.0 Å². The molecule has 1 aliphatic rings. The van der Waals surface area contributed by atoms with Crippen molar-refractivity contribution in [3.05, 3.63) is 72.3 Å². The number of benzene rings is 2. The van der Waals surface area contributed by atoms with Crippen LogP contribution in [0.3, 0.4) is 0 Å². The van der Waals surface area contributed by atoms with E-state index in [1.54, 1.807) is 28.8 Å². The van der Waals surface area contributed by atoms with Gasteiger partial charge < -0.3 is 20.1 Å². The van der Waals surface area contributed by atoms with Crippen molar-refractivity contribution in [2.45, 2.75) is 41.0 Å². The highest BCUT2D eigenvalue weighted by atomic mass is 19.4. The number of alkyl halides is 3. The summed E-state index contributed by atoms with van der Waals surface area (Å²) in [5.74, 6) is 0.0964. The molecule has 0 saturated carbocycles. The van der Waals surface area contributed by atoms with Gasteiger partial charge in [0.15, 0.2) is 5.65 Å². The predicted octanol–water partition coefficient (Wildman–Crippen LogP) is 6.46. The van der Waals surface area contributed by atoms with Gasteiger partial charge in [-0.3, -0.25) is 9.69 Å². The molecule has 1 amide bonds. The first-order chi connectivity index (χ1) is 20.8. The van der Waals surface area contributed by atoms with Crippen LogP contribution in [0.25, 0.3) is 16.9 Å². The van der Waals surface area contributed by atoms with Gasteiger partial charge in [-0.15, -0.1) is 18.3 Å². The third-order valence-corrected chi connectivity index (χ3v) is 5.79. The van der Waals surface area contributed by atoms with E-state index >= 15 is 0 Å². The van der Waals surface area contributed by atoms with E-state index in [-0.39, 0.29) is 5.75 Å². The number of hydrogen-bond acceptors (Lipinski definition) is 7. The maximum atomic E-state index is 12.5. The molecule has 5 rings (SSSR count). The molecule has 1 saturated heterocycles. The van der Waals surface area contributed by atoms with E-state index in [9.17, 15) is 18.0 Å². The average Bonchev–Trinajstić information content (AvgIpc) is 3.43. The van der Waals surface area contributed by atoms with Gasteiger partial charge in [0.05, 0.1) is 18.9 Å². The van der Waals surface area contributed by atoms with Gasteiger partial charge in [-0.1, -0.05) is 63.6 Å². The second kappa shape index (κ2) is 18.4. The Balaban J connectivity index is 0.000000361. The quantitative estimate of drug-likeness (QED) is 0.177. The van der Waals surface area contributed by atoms with Crippen LogP contribution >= 0.6 is 0 Å². The number of halogens is 3. The Labute approximate surface area is 251 Å². The summed E-state index contributed by atoms with van der Waals surface area (Å²) < 4.78 is 48.3. The van der Waals surface area contributed by atoms with Crippen LogP contribution in [0.1, 0.15) is 33.3 Å². The molecule has 0 atom stereocenters. The first-order valence-electron chi connectivity index (χ1n) is 14.3. The van der Waals surface area contributed by atoms with Gasteiger partial charge in [-0.25, -0.2) is 4.52 Å².